The number of rotatable bonds is 4. The topological polar surface area (TPSA) is 80.1 Å². The van der Waals surface area contributed by atoms with Crippen molar-refractivity contribution in [1.82, 2.24) is 20.8 Å². The highest BCUT2D eigenvalue weighted by Gasteiger charge is 2.32. The third-order valence-corrected chi connectivity index (χ3v) is 4.72. The lowest BCUT2D eigenvalue weighted by atomic mass is 9.93. The lowest BCUT2D eigenvalue weighted by Crippen LogP contribution is -2.42. The number of nitrogens with zero attached hydrogens (tertiary/aromatic N) is 2. The molecule has 0 unspecified atom stereocenters. The number of nitrogens with one attached hydrogen (secondary N) is 2. The maximum absolute atomic E-state index is 12.5. The van der Waals surface area contributed by atoms with E-state index in [1.807, 2.05) is 13.8 Å². The number of hydrogen-bond donors (Lipinski definition) is 2. The number of benzene rings is 1. The van der Waals surface area contributed by atoms with Gasteiger partial charge in [0.25, 0.3) is 5.91 Å². The molecule has 1 saturated heterocycles. The molecule has 2 aromatic rings. The fourth-order valence-electron chi connectivity index (χ4n) is 3.05. The van der Waals surface area contributed by atoms with Crippen LogP contribution in [-0.2, 0) is 5.54 Å². The van der Waals surface area contributed by atoms with Crippen molar-refractivity contribution in [2.24, 2.45) is 0 Å². The molecule has 0 spiro atoms. The Balaban J connectivity index is 1.73. The van der Waals surface area contributed by atoms with E-state index in [9.17, 15) is 4.79 Å². The van der Waals surface area contributed by atoms with Gasteiger partial charge in [-0.2, -0.15) is 4.98 Å². The Hall–Kier alpha value is -1.92. The Morgan fingerprint density at radius 2 is 2.24 bits per heavy atom. The van der Waals surface area contributed by atoms with Crippen molar-refractivity contribution >= 4 is 17.5 Å². The van der Waals surface area contributed by atoms with Crippen LogP contribution in [0.2, 0.25) is 5.02 Å². The molecular weight excluding hydrogens is 340 g/mol. The smallest absolute Gasteiger partial charge is 0.252 e. The van der Waals surface area contributed by atoms with Crippen LogP contribution in [0.4, 0.5) is 0 Å². The third-order valence-electron chi connectivity index (χ3n) is 4.49. The lowest BCUT2D eigenvalue weighted by Gasteiger charge is -2.25. The summed E-state index contributed by atoms with van der Waals surface area (Å²) in [5.74, 6) is 1.16. The van der Waals surface area contributed by atoms with Gasteiger partial charge in [0, 0.05) is 22.5 Å². The monoisotopic (exact) mass is 362 g/mol. The second kappa shape index (κ2) is 7.14. The summed E-state index contributed by atoms with van der Waals surface area (Å²) in [5, 5.41) is 11.0. The zero-order valence-corrected chi connectivity index (χ0v) is 15.4. The predicted molar refractivity (Wildman–Crippen MR) is 95.7 cm³/mol. The molecule has 0 saturated carbocycles. The summed E-state index contributed by atoms with van der Waals surface area (Å²) >= 11 is 5.95. The quantitative estimate of drug-likeness (QED) is 0.872. The fourth-order valence-corrected chi connectivity index (χ4v) is 3.24. The molecule has 6 nitrogen and oxygen atoms in total. The number of piperidine rings is 1. The SMILES string of the molecule is C[C@H]1C[C@@H](c2nc(C(C)(C)NC(=O)c3cccc(Cl)c3)no2)CCN1. The number of halogens is 1. The highest BCUT2D eigenvalue weighted by Crippen LogP contribution is 2.28. The van der Waals surface area contributed by atoms with E-state index in [2.05, 4.69) is 27.7 Å². The van der Waals surface area contributed by atoms with Gasteiger partial charge >= 0.3 is 0 Å². The molecule has 0 aliphatic carbocycles. The summed E-state index contributed by atoms with van der Waals surface area (Å²) in [6.07, 6.45) is 1.94. The molecule has 2 N–H and O–H groups in total. The first kappa shape index (κ1) is 17.9. The Kier molecular flexibility index (Phi) is 5.11. The minimum atomic E-state index is -0.750. The van der Waals surface area contributed by atoms with Crippen molar-refractivity contribution in [2.45, 2.75) is 51.1 Å². The molecule has 1 aromatic carbocycles. The minimum Gasteiger partial charge on any atom is -0.340 e. The van der Waals surface area contributed by atoms with Crippen LogP contribution in [-0.4, -0.2) is 28.6 Å². The Bertz CT molecular complexity index is 759. The molecular formula is C18H23ClN4O2. The zero-order chi connectivity index (χ0) is 18.0. The largest absolute Gasteiger partial charge is 0.340 e. The maximum atomic E-state index is 12.5. The number of hydrogen-bond acceptors (Lipinski definition) is 5. The van der Waals surface area contributed by atoms with E-state index < -0.39 is 5.54 Å². The molecule has 1 amide bonds. The molecule has 1 aliphatic rings. The van der Waals surface area contributed by atoms with Crippen molar-refractivity contribution in [3.8, 4) is 0 Å². The first-order chi connectivity index (χ1) is 11.8. The highest BCUT2D eigenvalue weighted by molar-refractivity contribution is 6.30. The molecule has 0 bridgehead atoms. The highest BCUT2D eigenvalue weighted by atomic mass is 35.5. The summed E-state index contributed by atoms with van der Waals surface area (Å²) in [7, 11) is 0. The van der Waals surface area contributed by atoms with Crippen LogP contribution >= 0.6 is 11.6 Å². The summed E-state index contributed by atoms with van der Waals surface area (Å²) in [6.45, 7) is 6.81. The van der Waals surface area contributed by atoms with Gasteiger partial charge in [-0.3, -0.25) is 4.79 Å². The fraction of sp³-hybridized carbons (Fsp3) is 0.500. The number of carbonyl (C=O) groups is 1. The van der Waals surface area contributed by atoms with E-state index in [-0.39, 0.29) is 11.8 Å². The molecule has 3 rings (SSSR count). The second-order valence-electron chi connectivity index (χ2n) is 7.12. The van der Waals surface area contributed by atoms with Crippen LogP contribution < -0.4 is 10.6 Å². The van der Waals surface area contributed by atoms with E-state index in [0.29, 0.717) is 28.3 Å². The normalized spacial score (nSPS) is 21.1. The molecule has 2 atom stereocenters. The molecule has 7 heteroatoms. The molecule has 25 heavy (non-hydrogen) atoms. The molecule has 1 aromatic heterocycles. The van der Waals surface area contributed by atoms with Crippen molar-refractivity contribution in [3.05, 3.63) is 46.6 Å². The van der Waals surface area contributed by atoms with Crippen LogP contribution in [0.5, 0.6) is 0 Å². The van der Waals surface area contributed by atoms with Gasteiger partial charge in [0.15, 0.2) is 5.82 Å². The van der Waals surface area contributed by atoms with Crippen LogP contribution in [0.3, 0.4) is 0 Å². The summed E-state index contributed by atoms with van der Waals surface area (Å²) in [5.41, 5.74) is -0.254. The van der Waals surface area contributed by atoms with Crippen LogP contribution in [0.15, 0.2) is 28.8 Å². The van der Waals surface area contributed by atoms with Crippen LogP contribution in [0.25, 0.3) is 0 Å². The molecule has 1 aliphatic heterocycles. The van der Waals surface area contributed by atoms with Crippen LogP contribution in [0, 0.1) is 0 Å². The van der Waals surface area contributed by atoms with Gasteiger partial charge in [0.05, 0.1) is 5.54 Å². The molecule has 0 radical (unpaired) electrons. The number of aromatic nitrogens is 2. The minimum absolute atomic E-state index is 0.227. The molecule has 2 heterocycles. The number of carbonyl (C=O) groups excluding carboxylic acids is 1. The van der Waals surface area contributed by atoms with Gasteiger partial charge < -0.3 is 15.2 Å². The standard InChI is InChI=1S/C18H23ClN4O2/c1-11-9-13(7-8-20-11)16-21-17(23-25-16)18(2,3)22-15(24)12-5-4-6-14(19)10-12/h4-6,10-11,13,20H,7-9H2,1-3H3,(H,22,24)/t11-,13-/m0/s1. The maximum Gasteiger partial charge on any atom is 0.252 e. The van der Waals surface area contributed by atoms with Gasteiger partial charge in [0.2, 0.25) is 5.89 Å². The summed E-state index contributed by atoms with van der Waals surface area (Å²) in [6, 6.07) is 7.26. The van der Waals surface area contributed by atoms with Crippen molar-refractivity contribution in [2.75, 3.05) is 6.54 Å². The van der Waals surface area contributed by atoms with E-state index in [1.165, 1.54) is 0 Å². The first-order valence-corrected chi connectivity index (χ1v) is 8.88. The Morgan fingerprint density at radius 3 is 2.96 bits per heavy atom. The van der Waals surface area contributed by atoms with Crippen molar-refractivity contribution in [1.29, 1.82) is 0 Å². The van der Waals surface area contributed by atoms with E-state index in [1.54, 1.807) is 24.3 Å². The van der Waals surface area contributed by atoms with E-state index in [0.717, 1.165) is 19.4 Å². The van der Waals surface area contributed by atoms with Gasteiger partial charge in [-0.05, 0) is 58.4 Å². The first-order valence-electron chi connectivity index (χ1n) is 8.50. The summed E-state index contributed by atoms with van der Waals surface area (Å²) in [4.78, 5) is 17.0. The van der Waals surface area contributed by atoms with Crippen molar-refractivity contribution < 1.29 is 9.32 Å². The molecule has 134 valence electrons. The summed E-state index contributed by atoms with van der Waals surface area (Å²) < 4.78 is 5.48. The zero-order valence-electron chi connectivity index (χ0n) is 14.7. The van der Waals surface area contributed by atoms with Gasteiger partial charge in [-0.25, -0.2) is 0 Å². The van der Waals surface area contributed by atoms with Gasteiger partial charge in [-0.1, -0.05) is 22.8 Å². The van der Waals surface area contributed by atoms with Gasteiger partial charge in [-0.15, -0.1) is 0 Å². The second-order valence-corrected chi connectivity index (χ2v) is 7.56. The third kappa shape index (κ3) is 4.19. The Morgan fingerprint density at radius 1 is 1.44 bits per heavy atom. The van der Waals surface area contributed by atoms with Gasteiger partial charge in [0.1, 0.15) is 0 Å². The van der Waals surface area contributed by atoms with E-state index >= 15 is 0 Å². The average molecular weight is 363 g/mol. The lowest BCUT2D eigenvalue weighted by molar-refractivity contribution is 0.0907. The van der Waals surface area contributed by atoms with Crippen LogP contribution in [0.1, 0.15) is 61.6 Å². The average Bonchev–Trinajstić information content (AvgIpc) is 3.05. The Labute approximate surface area is 152 Å². The number of amides is 1. The molecule has 1 fully saturated rings. The van der Waals surface area contributed by atoms with E-state index in [4.69, 9.17) is 16.1 Å². The predicted octanol–water partition coefficient (Wildman–Crippen LogP) is 3.24. The van der Waals surface area contributed by atoms with Crippen molar-refractivity contribution in [3.63, 3.8) is 0 Å².